The summed E-state index contributed by atoms with van der Waals surface area (Å²) in [5.74, 6) is -1.51. The van der Waals surface area contributed by atoms with E-state index in [4.69, 9.17) is 4.74 Å². The van der Waals surface area contributed by atoms with E-state index in [2.05, 4.69) is 6.58 Å². The maximum atomic E-state index is 13.1. The third-order valence-electron chi connectivity index (χ3n) is 5.62. The van der Waals surface area contributed by atoms with Gasteiger partial charge in [0.15, 0.2) is 17.3 Å². The van der Waals surface area contributed by atoms with Crippen molar-refractivity contribution in [1.29, 1.82) is 0 Å². The second-order valence-electron chi connectivity index (χ2n) is 8.11. The first-order valence-electron chi connectivity index (χ1n) is 10.8. The van der Waals surface area contributed by atoms with Crippen LogP contribution >= 0.6 is 11.8 Å². The van der Waals surface area contributed by atoms with Crippen LogP contribution in [-0.4, -0.2) is 47.7 Å². The Kier molecular flexibility index (Phi) is 6.81. The van der Waals surface area contributed by atoms with E-state index in [0.717, 1.165) is 22.2 Å². The number of thioether (sulfide) groups is 1. The third-order valence-corrected chi connectivity index (χ3v) is 6.80. The van der Waals surface area contributed by atoms with Crippen molar-refractivity contribution in [2.24, 2.45) is 0 Å². The van der Waals surface area contributed by atoms with Crippen LogP contribution in [0.4, 0.5) is 5.69 Å². The highest BCUT2D eigenvalue weighted by Gasteiger charge is 2.40. The number of Topliss-reactive ketones (excluding diaryl/α,β-unsaturated/α-hetero) is 3. The predicted molar refractivity (Wildman–Crippen MR) is 128 cm³/mol. The lowest BCUT2D eigenvalue weighted by Crippen LogP contribution is -2.29. The number of anilines is 1. The zero-order valence-corrected chi connectivity index (χ0v) is 19.4. The number of fused-ring (bicyclic) bond motifs is 2. The lowest BCUT2D eigenvalue weighted by molar-refractivity contribution is -0.140. The van der Waals surface area contributed by atoms with E-state index in [0.29, 0.717) is 16.2 Å². The topological polar surface area (TPSA) is 101 Å². The lowest BCUT2D eigenvalue weighted by Gasteiger charge is -2.21. The van der Waals surface area contributed by atoms with Gasteiger partial charge in [-0.05, 0) is 31.0 Å². The average molecular weight is 478 g/mol. The molecule has 2 aromatic rings. The zero-order chi connectivity index (χ0) is 24.4. The number of aryl methyl sites for hydroxylation is 1. The van der Waals surface area contributed by atoms with Gasteiger partial charge in [0.2, 0.25) is 0 Å². The second kappa shape index (κ2) is 9.79. The fraction of sp³-hybridized carbons (Fsp3) is 0.231. The van der Waals surface area contributed by atoms with Gasteiger partial charge in [-0.3, -0.25) is 14.4 Å². The van der Waals surface area contributed by atoms with E-state index in [1.807, 2.05) is 25.1 Å². The van der Waals surface area contributed by atoms with Gasteiger partial charge >= 0.3 is 5.97 Å². The van der Waals surface area contributed by atoms with Crippen molar-refractivity contribution in [3.8, 4) is 0 Å². The molecule has 1 unspecified atom stereocenters. The van der Waals surface area contributed by atoms with Crippen LogP contribution in [0, 0.1) is 6.92 Å². The Morgan fingerprint density at radius 2 is 1.82 bits per heavy atom. The molecular weight excluding hydrogens is 454 g/mol. The first-order chi connectivity index (χ1) is 16.3. The van der Waals surface area contributed by atoms with Crippen LogP contribution in [-0.2, 0) is 14.3 Å². The molecule has 7 nitrogen and oxygen atoms in total. The minimum Gasteiger partial charge on any atom is -0.460 e. The van der Waals surface area contributed by atoms with E-state index in [1.54, 1.807) is 29.2 Å². The molecule has 174 valence electrons. The molecule has 0 spiro atoms. The summed E-state index contributed by atoms with van der Waals surface area (Å²) in [6, 6.07) is 12.5. The number of carbonyl (C=O) groups is 4. The summed E-state index contributed by atoms with van der Waals surface area (Å²) >= 11 is 1.30. The van der Waals surface area contributed by atoms with Gasteiger partial charge in [-0.25, -0.2) is 4.79 Å². The van der Waals surface area contributed by atoms with Crippen molar-refractivity contribution in [1.82, 2.24) is 0 Å². The molecule has 8 heteroatoms. The number of benzene rings is 2. The number of carbonyl (C=O) groups excluding carboxylic acids is 4. The van der Waals surface area contributed by atoms with E-state index < -0.39 is 12.1 Å². The van der Waals surface area contributed by atoms with Crippen molar-refractivity contribution in [2.75, 3.05) is 18.1 Å². The van der Waals surface area contributed by atoms with Crippen molar-refractivity contribution in [3.63, 3.8) is 0 Å². The molecule has 0 saturated heterocycles. The third kappa shape index (κ3) is 4.60. The monoisotopic (exact) mass is 477 g/mol. The summed E-state index contributed by atoms with van der Waals surface area (Å²) in [7, 11) is 0. The molecule has 1 atom stereocenters. The fourth-order valence-electron chi connectivity index (χ4n) is 3.89. The van der Waals surface area contributed by atoms with E-state index in [9.17, 15) is 24.3 Å². The van der Waals surface area contributed by atoms with Crippen LogP contribution < -0.4 is 4.90 Å². The Labute approximate surface area is 201 Å². The minimum atomic E-state index is -0.986. The predicted octanol–water partition coefficient (Wildman–Crippen LogP) is 3.64. The van der Waals surface area contributed by atoms with E-state index in [-0.39, 0.29) is 48.9 Å². The van der Waals surface area contributed by atoms with Crippen LogP contribution in [0.5, 0.6) is 0 Å². The molecule has 4 rings (SSSR count). The molecule has 0 saturated carbocycles. The molecular formula is C26H23NO6S. The van der Waals surface area contributed by atoms with Gasteiger partial charge in [-0.1, -0.05) is 48.7 Å². The Morgan fingerprint density at radius 1 is 1.15 bits per heavy atom. The summed E-state index contributed by atoms with van der Waals surface area (Å²) < 4.78 is 4.80. The summed E-state index contributed by atoms with van der Waals surface area (Å²) in [4.78, 5) is 52.8. The van der Waals surface area contributed by atoms with Gasteiger partial charge in [-0.15, -0.1) is 0 Å². The maximum Gasteiger partial charge on any atom is 0.330 e. The molecule has 1 aliphatic carbocycles. The molecule has 2 aliphatic rings. The smallest absolute Gasteiger partial charge is 0.330 e. The average Bonchev–Trinajstić information content (AvgIpc) is 3.29. The number of hydrogen-bond donors (Lipinski definition) is 1. The molecule has 1 N–H and O–H groups in total. The van der Waals surface area contributed by atoms with Gasteiger partial charge in [0.1, 0.15) is 12.2 Å². The van der Waals surface area contributed by atoms with Crippen molar-refractivity contribution in [2.45, 2.75) is 30.8 Å². The first-order valence-corrected chi connectivity index (χ1v) is 11.6. The maximum absolute atomic E-state index is 13.1. The highest BCUT2D eigenvalue weighted by atomic mass is 32.2. The minimum absolute atomic E-state index is 0.0415. The molecule has 1 aliphatic heterocycles. The SMILES string of the molecule is C=CC(=O)OCC(O)CCC(=O)CN1C(=C2C(=O)c3ccccc3C2=O)Sc2ccc(C)cc21. The normalized spacial score (nSPS) is 15.3. The molecule has 34 heavy (non-hydrogen) atoms. The number of ketones is 3. The number of allylic oxidation sites excluding steroid dienone is 1. The summed E-state index contributed by atoms with van der Waals surface area (Å²) in [5, 5.41) is 10.5. The summed E-state index contributed by atoms with van der Waals surface area (Å²) in [6.07, 6.45) is 0.168. The largest absolute Gasteiger partial charge is 0.460 e. The van der Waals surface area contributed by atoms with Gasteiger partial charge in [0.05, 0.1) is 23.4 Å². The van der Waals surface area contributed by atoms with Crippen molar-refractivity contribution >= 4 is 40.8 Å². The molecule has 1 heterocycles. The van der Waals surface area contributed by atoms with Gasteiger partial charge in [0, 0.05) is 28.5 Å². The molecule has 0 radical (unpaired) electrons. The lowest BCUT2D eigenvalue weighted by atomic mass is 10.1. The number of esters is 1. The molecule has 0 bridgehead atoms. The Balaban J connectivity index is 1.57. The molecule has 2 aromatic carbocycles. The van der Waals surface area contributed by atoms with Crippen molar-refractivity contribution in [3.05, 3.63) is 82.4 Å². The first kappa shape index (κ1) is 23.7. The Hall–Kier alpha value is -3.49. The van der Waals surface area contributed by atoms with E-state index in [1.165, 1.54) is 11.8 Å². The number of aliphatic hydroxyl groups is 1. The van der Waals surface area contributed by atoms with Gasteiger partial charge < -0.3 is 14.7 Å². The molecule has 0 fully saturated rings. The fourth-order valence-corrected chi connectivity index (χ4v) is 5.06. The van der Waals surface area contributed by atoms with E-state index >= 15 is 0 Å². The quantitative estimate of drug-likeness (QED) is 0.349. The van der Waals surface area contributed by atoms with Crippen LogP contribution in [0.3, 0.4) is 0 Å². The van der Waals surface area contributed by atoms with Gasteiger partial charge in [-0.2, -0.15) is 0 Å². The number of rotatable bonds is 8. The van der Waals surface area contributed by atoms with Crippen molar-refractivity contribution < 1.29 is 29.0 Å². The molecule has 0 amide bonds. The van der Waals surface area contributed by atoms with Crippen LogP contribution in [0.2, 0.25) is 0 Å². The Morgan fingerprint density at radius 3 is 2.47 bits per heavy atom. The van der Waals surface area contributed by atoms with Gasteiger partial charge in [0.25, 0.3) is 0 Å². The number of nitrogens with zero attached hydrogens (tertiary/aromatic N) is 1. The van der Waals surface area contributed by atoms with Crippen LogP contribution in [0.1, 0.15) is 39.1 Å². The summed E-state index contributed by atoms with van der Waals surface area (Å²) in [5.41, 5.74) is 2.55. The highest BCUT2D eigenvalue weighted by Crippen LogP contribution is 2.49. The second-order valence-corrected chi connectivity index (χ2v) is 9.14. The summed E-state index contributed by atoms with van der Waals surface area (Å²) in [6.45, 7) is 4.93. The Bertz CT molecular complexity index is 1210. The molecule has 0 aromatic heterocycles. The number of hydrogen-bond acceptors (Lipinski definition) is 8. The van der Waals surface area contributed by atoms with Crippen LogP contribution in [0.25, 0.3) is 0 Å². The highest BCUT2D eigenvalue weighted by molar-refractivity contribution is 8.03. The number of aliphatic hydroxyl groups excluding tert-OH is 1. The number of ether oxygens (including phenoxy) is 1. The van der Waals surface area contributed by atoms with Crippen LogP contribution in [0.15, 0.2) is 70.6 Å². The standard InChI is InChI=1S/C26H23NO6S/c1-3-22(30)33-14-17(29)10-9-16(28)13-27-20-12-15(2)8-11-21(20)34-26(27)23-24(31)18-6-4-5-7-19(18)25(23)32/h3-8,11-12,17,29H,1,9-10,13-14H2,2H3. The zero-order valence-electron chi connectivity index (χ0n) is 18.6.